The summed E-state index contributed by atoms with van der Waals surface area (Å²) in [5.74, 6) is -2.17. The zero-order valence-corrected chi connectivity index (χ0v) is 7.74. The average Bonchev–Trinajstić information content (AvgIpc) is 1.98. The number of allylic oxidation sites excluding steroid dienone is 1. The van der Waals surface area contributed by atoms with Gasteiger partial charge in [0.2, 0.25) is 11.8 Å². The molecule has 6 heteroatoms. The molecule has 0 fully saturated rings. The van der Waals surface area contributed by atoms with E-state index < -0.39 is 17.8 Å². The van der Waals surface area contributed by atoms with Crippen molar-refractivity contribution in [2.24, 2.45) is 5.73 Å². The van der Waals surface area contributed by atoms with Crippen molar-refractivity contribution in [3.8, 4) is 0 Å². The number of nitrogens with two attached hydrogens (primary N) is 1. The summed E-state index contributed by atoms with van der Waals surface area (Å²) in [6.07, 6.45) is 0.688. The zero-order chi connectivity index (χ0) is 11.1. The van der Waals surface area contributed by atoms with E-state index in [0.717, 1.165) is 6.08 Å². The second kappa shape index (κ2) is 5.74. The van der Waals surface area contributed by atoms with Crippen molar-refractivity contribution < 1.29 is 19.5 Å². The molecule has 0 saturated carbocycles. The molecule has 0 radical (unpaired) electrons. The van der Waals surface area contributed by atoms with E-state index in [1.807, 2.05) is 0 Å². The number of carboxylic acids is 1. The van der Waals surface area contributed by atoms with E-state index in [1.54, 1.807) is 0 Å². The Morgan fingerprint density at radius 1 is 1.36 bits per heavy atom. The van der Waals surface area contributed by atoms with Gasteiger partial charge >= 0.3 is 5.97 Å². The van der Waals surface area contributed by atoms with Gasteiger partial charge in [0.1, 0.15) is 0 Å². The van der Waals surface area contributed by atoms with Gasteiger partial charge in [-0.25, -0.2) is 0 Å². The lowest BCUT2D eigenvalue weighted by Gasteiger charge is -2.02. The Bertz CT molecular complexity index is 283. The van der Waals surface area contributed by atoms with E-state index in [1.165, 1.54) is 6.92 Å². The number of amides is 2. The van der Waals surface area contributed by atoms with Gasteiger partial charge in [0, 0.05) is 18.2 Å². The predicted molar refractivity (Wildman–Crippen MR) is 48.0 cm³/mol. The highest BCUT2D eigenvalue weighted by Crippen LogP contribution is 1.92. The number of aliphatic carboxylic acids is 1. The van der Waals surface area contributed by atoms with Crippen LogP contribution in [0.3, 0.4) is 0 Å². The van der Waals surface area contributed by atoms with Gasteiger partial charge in [0.25, 0.3) is 0 Å². The minimum Gasteiger partial charge on any atom is -0.481 e. The summed E-state index contributed by atoms with van der Waals surface area (Å²) in [5, 5.41) is 10.6. The predicted octanol–water partition coefficient (Wildman–Crippen LogP) is -0.643. The number of nitrogens with one attached hydrogen (secondary N) is 1. The van der Waals surface area contributed by atoms with Crippen LogP contribution in [0.5, 0.6) is 0 Å². The van der Waals surface area contributed by atoms with Crippen LogP contribution >= 0.6 is 0 Å². The quantitative estimate of drug-likeness (QED) is 0.512. The van der Waals surface area contributed by atoms with Crippen molar-refractivity contribution in [3.63, 3.8) is 0 Å². The van der Waals surface area contributed by atoms with Gasteiger partial charge < -0.3 is 16.2 Å². The van der Waals surface area contributed by atoms with E-state index in [-0.39, 0.29) is 12.8 Å². The molecule has 0 aliphatic carbocycles. The maximum atomic E-state index is 11.0. The van der Waals surface area contributed by atoms with E-state index in [4.69, 9.17) is 10.8 Å². The summed E-state index contributed by atoms with van der Waals surface area (Å²) in [6, 6.07) is 0. The number of carbonyl (C=O) groups is 3. The molecule has 0 rings (SSSR count). The minimum absolute atomic E-state index is 0.126. The highest BCUT2D eigenvalue weighted by Gasteiger charge is 2.05. The highest BCUT2D eigenvalue weighted by molar-refractivity contribution is 5.88. The fourth-order valence-corrected chi connectivity index (χ4v) is 0.752. The van der Waals surface area contributed by atoms with Crippen LogP contribution in [-0.4, -0.2) is 22.9 Å². The molecule has 0 unspecified atom stereocenters. The van der Waals surface area contributed by atoms with Crippen molar-refractivity contribution in [2.45, 2.75) is 19.8 Å². The van der Waals surface area contributed by atoms with E-state index >= 15 is 0 Å². The molecule has 0 heterocycles. The average molecular weight is 200 g/mol. The molecule has 0 aliphatic heterocycles. The van der Waals surface area contributed by atoms with Crippen LogP contribution in [0, 0.1) is 0 Å². The molecule has 0 aliphatic rings. The molecule has 0 aromatic rings. The lowest BCUT2D eigenvalue weighted by Crippen LogP contribution is -2.23. The molecule has 0 spiro atoms. The molecule has 0 aromatic heterocycles. The summed E-state index contributed by atoms with van der Waals surface area (Å²) in [6.45, 7) is 1.49. The fraction of sp³-hybridized carbons (Fsp3) is 0.375. The molecular formula is C8H12N2O4. The third-order valence-electron chi connectivity index (χ3n) is 1.26. The Morgan fingerprint density at radius 2 is 1.93 bits per heavy atom. The largest absolute Gasteiger partial charge is 0.481 e. The maximum Gasteiger partial charge on any atom is 0.303 e. The molecule has 4 N–H and O–H groups in total. The molecule has 0 bridgehead atoms. The minimum atomic E-state index is -1.04. The Hall–Kier alpha value is -1.85. The normalized spacial score (nSPS) is 10.8. The van der Waals surface area contributed by atoms with Crippen molar-refractivity contribution in [1.29, 1.82) is 0 Å². The Kier molecular flexibility index (Phi) is 4.98. The van der Waals surface area contributed by atoms with E-state index in [2.05, 4.69) is 5.32 Å². The molecule has 0 atom stereocenters. The number of rotatable bonds is 5. The van der Waals surface area contributed by atoms with E-state index in [9.17, 15) is 14.4 Å². The molecule has 78 valence electrons. The number of carbonyl (C=O) groups excluding carboxylic acids is 2. The first kappa shape index (κ1) is 12.2. The Morgan fingerprint density at radius 3 is 2.36 bits per heavy atom. The SMILES string of the molecule is C/C(=C/C(N)=O)NC(=O)CCC(=O)O. The van der Waals surface area contributed by atoms with Crippen molar-refractivity contribution in [1.82, 2.24) is 5.32 Å². The first-order chi connectivity index (χ1) is 6.41. The first-order valence-electron chi connectivity index (χ1n) is 3.91. The van der Waals surface area contributed by atoms with Crippen molar-refractivity contribution >= 4 is 17.8 Å². The van der Waals surface area contributed by atoms with Crippen LogP contribution in [0.2, 0.25) is 0 Å². The standard InChI is InChI=1S/C8H12N2O4/c1-5(4-6(9)11)10-7(12)2-3-8(13)14/h4H,2-3H2,1H3,(H2,9,11)(H,10,12)(H,13,14)/b5-4-. The van der Waals surface area contributed by atoms with Crippen LogP contribution in [0.1, 0.15) is 19.8 Å². The fourth-order valence-electron chi connectivity index (χ4n) is 0.752. The van der Waals surface area contributed by atoms with Crippen LogP contribution in [0.15, 0.2) is 11.8 Å². The molecule has 0 saturated heterocycles. The number of carboxylic acid groups (broad SMARTS) is 1. The number of hydrogen-bond acceptors (Lipinski definition) is 3. The molecular weight excluding hydrogens is 188 g/mol. The summed E-state index contributed by atoms with van der Waals surface area (Å²) >= 11 is 0. The molecule has 0 aromatic carbocycles. The van der Waals surface area contributed by atoms with Gasteiger partial charge in [-0.15, -0.1) is 0 Å². The topological polar surface area (TPSA) is 109 Å². The lowest BCUT2D eigenvalue weighted by atomic mass is 10.3. The van der Waals surface area contributed by atoms with Crippen molar-refractivity contribution in [3.05, 3.63) is 11.8 Å². The van der Waals surface area contributed by atoms with Gasteiger partial charge in [-0.2, -0.15) is 0 Å². The summed E-state index contributed by atoms with van der Waals surface area (Å²) < 4.78 is 0. The van der Waals surface area contributed by atoms with Crippen LogP contribution in [0.25, 0.3) is 0 Å². The smallest absolute Gasteiger partial charge is 0.303 e. The molecule has 2 amide bonds. The van der Waals surface area contributed by atoms with E-state index in [0.29, 0.717) is 5.70 Å². The van der Waals surface area contributed by atoms with Crippen LogP contribution in [0.4, 0.5) is 0 Å². The zero-order valence-electron chi connectivity index (χ0n) is 7.74. The Labute approximate surface area is 80.8 Å². The first-order valence-corrected chi connectivity index (χ1v) is 3.91. The third kappa shape index (κ3) is 6.84. The second-order valence-electron chi connectivity index (χ2n) is 2.67. The maximum absolute atomic E-state index is 11.0. The third-order valence-corrected chi connectivity index (χ3v) is 1.26. The molecule has 6 nitrogen and oxygen atoms in total. The summed E-state index contributed by atoms with van der Waals surface area (Å²) in [7, 11) is 0. The van der Waals surface area contributed by atoms with Crippen LogP contribution in [-0.2, 0) is 14.4 Å². The van der Waals surface area contributed by atoms with Crippen molar-refractivity contribution in [2.75, 3.05) is 0 Å². The van der Waals surface area contributed by atoms with Gasteiger partial charge in [-0.3, -0.25) is 14.4 Å². The number of primary amides is 1. The summed E-state index contributed by atoms with van der Waals surface area (Å²) in [5.41, 5.74) is 5.13. The van der Waals surface area contributed by atoms with Gasteiger partial charge in [-0.05, 0) is 6.92 Å². The van der Waals surface area contributed by atoms with Gasteiger partial charge in [-0.1, -0.05) is 0 Å². The van der Waals surface area contributed by atoms with Gasteiger partial charge in [0.05, 0.1) is 6.42 Å². The lowest BCUT2D eigenvalue weighted by molar-refractivity contribution is -0.138. The Balaban J connectivity index is 3.94. The molecule has 14 heavy (non-hydrogen) atoms. The highest BCUT2D eigenvalue weighted by atomic mass is 16.4. The monoisotopic (exact) mass is 200 g/mol. The number of hydrogen-bond donors (Lipinski definition) is 3. The summed E-state index contributed by atoms with van der Waals surface area (Å²) in [4.78, 5) is 31.4. The van der Waals surface area contributed by atoms with Gasteiger partial charge in [0.15, 0.2) is 0 Å². The second-order valence-corrected chi connectivity index (χ2v) is 2.67. The van der Waals surface area contributed by atoms with Crippen LogP contribution < -0.4 is 11.1 Å².